The third-order valence-corrected chi connectivity index (χ3v) is 5.68. The lowest BCUT2D eigenvalue weighted by molar-refractivity contribution is 0.416. The van der Waals surface area contributed by atoms with Gasteiger partial charge in [-0.2, -0.15) is 5.26 Å². The summed E-state index contributed by atoms with van der Waals surface area (Å²) in [7, 11) is 1.57. The van der Waals surface area contributed by atoms with Gasteiger partial charge in [-0.05, 0) is 24.6 Å². The molecular formula is C28H20N2O3. The first-order valence-corrected chi connectivity index (χ1v) is 10.5. The number of H-pyrrole nitrogens is 1. The Bertz CT molecular complexity index is 1570. The molecule has 0 bridgehead atoms. The largest absolute Gasteiger partial charge is 0.496 e. The minimum Gasteiger partial charge on any atom is -0.496 e. The highest BCUT2D eigenvalue weighted by atomic mass is 16.5. The molecule has 0 aliphatic heterocycles. The molecule has 2 aromatic heterocycles. The lowest BCUT2D eigenvalue weighted by Crippen LogP contribution is -2.13. The van der Waals surface area contributed by atoms with E-state index >= 15 is 0 Å². The van der Waals surface area contributed by atoms with Gasteiger partial charge in [0.15, 0.2) is 0 Å². The summed E-state index contributed by atoms with van der Waals surface area (Å²) in [6.07, 6.45) is 0. The van der Waals surface area contributed by atoms with Crippen LogP contribution in [0.25, 0.3) is 44.5 Å². The monoisotopic (exact) mass is 432 g/mol. The van der Waals surface area contributed by atoms with Crippen molar-refractivity contribution >= 4 is 11.0 Å². The summed E-state index contributed by atoms with van der Waals surface area (Å²) in [5.41, 5.74) is 5.05. The van der Waals surface area contributed by atoms with Gasteiger partial charge >= 0.3 is 0 Å². The number of hydrogen-bond acceptors (Lipinski definition) is 4. The zero-order chi connectivity index (χ0) is 22.9. The highest BCUT2D eigenvalue weighted by Gasteiger charge is 2.22. The van der Waals surface area contributed by atoms with Crippen molar-refractivity contribution in [1.29, 1.82) is 5.26 Å². The molecule has 0 amide bonds. The second-order valence-electron chi connectivity index (χ2n) is 7.77. The number of rotatable bonds is 4. The van der Waals surface area contributed by atoms with Crippen molar-refractivity contribution in [3.05, 3.63) is 100 Å². The number of fused-ring (bicyclic) bond motifs is 1. The standard InChI is InChI=1S/C28H20N2O3/c1-17-13-20(23(16-29)28(31)30-17)21-14-22-25(15-24(21)32-2)33-27(19-11-7-4-8-12-19)26(22)18-9-5-3-6-10-18/h3-15H,1-2H3,(H,30,31). The van der Waals surface area contributed by atoms with E-state index in [4.69, 9.17) is 9.15 Å². The number of furan rings is 1. The number of pyridine rings is 1. The van der Waals surface area contributed by atoms with Gasteiger partial charge < -0.3 is 14.1 Å². The van der Waals surface area contributed by atoms with Gasteiger partial charge in [0.25, 0.3) is 5.56 Å². The third kappa shape index (κ3) is 3.48. The molecule has 5 rings (SSSR count). The number of benzene rings is 3. The maximum absolute atomic E-state index is 12.5. The molecule has 0 aliphatic rings. The topological polar surface area (TPSA) is 79.0 Å². The Morgan fingerprint density at radius 3 is 2.21 bits per heavy atom. The minimum atomic E-state index is -0.421. The van der Waals surface area contributed by atoms with Crippen LogP contribution in [0.5, 0.6) is 5.75 Å². The number of nitriles is 1. The van der Waals surface area contributed by atoms with Gasteiger partial charge in [0, 0.05) is 39.4 Å². The Hall–Kier alpha value is -4.56. The summed E-state index contributed by atoms with van der Waals surface area (Å²) in [5, 5.41) is 10.6. The highest BCUT2D eigenvalue weighted by Crippen LogP contribution is 2.45. The van der Waals surface area contributed by atoms with Crippen LogP contribution in [0.2, 0.25) is 0 Å². The first-order valence-electron chi connectivity index (χ1n) is 10.5. The molecule has 2 heterocycles. The fraction of sp³-hybridized carbons (Fsp3) is 0.0714. The molecule has 33 heavy (non-hydrogen) atoms. The number of nitrogens with zero attached hydrogens (tertiary/aromatic N) is 1. The van der Waals surface area contributed by atoms with Crippen LogP contribution in [0.15, 0.2) is 88.1 Å². The molecule has 0 unspecified atom stereocenters. The normalized spacial score (nSPS) is 10.8. The number of nitrogens with one attached hydrogen (secondary N) is 1. The van der Waals surface area contributed by atoms with E-state index in [2.05, 4.69) is 4.98 Å². The SMILES string of the molecule is COc1cc2oc(-c3ccccc3)c(-c3ccccc3)c2cc1-c1cc(C)[nH]c(=O)c1C#N. The summed E-state index contributed by atoms with van der Waals surface area (Å²) < 4.78 is 12.0. The zero-order valence-electron chi connectivity index (χ0n) is 18.2. The lowest BCUT2D eigenvalue weighted by atomic mass is 9.94. The first kappa shape index (κ1) is 20.3. The molecule has 160 valence electrons. The molecule has 0 saturated carbocycles. The van der Waals surface area contributed by atoms with Crippen molar-refractivity contribution in [3.8, 4) is 45.4 Å². The van der Waals surface area contributed by atoms with Crippen LogP contribution >= 0.6 is 0 Å². The Morgan fingerprint density at radius 1 is 0.909 bits per heavy atom. The van der Waals surface area contributed by atoms with Crippen LogP contribution in [-0.4, -0.2) is 12.1 Å². The summed E-state index contributed by atoms with van der Waals surface area (Å²) in [6.45, 7) is 1.79. The fourth-order valence-corrected chi connectivity index (χ4v) is 4.20. The van der Waals surface area contributed by atoms with E-state index in [0.29, 0.717) is 28.2 Å². The van der Waals surface area contributed by atoms with Crippen molar-refractivity contribution in [2.24, 2.45) is 0 Å². The van der Waals surface area contributed by atoms with Gasteiger partial charge in [0.05, 0.1) is 7.11 Å². The molecule has 5 heteroatoms. The molecule has 0 saturated heterocycles. The van der Waals surface area contributed by atoms with Crippen LogP contribution in [0.4, 0.5) is 0 Å². The van der Waals surface area contributed by atoms with E-state index in [1.165, 1.54) is 0 Å². The molecule has 0 radical (unpaired) electrons. The molecule has 0 atom stereocenters. The van der Waals surface area contributed by atoms with Crippen LogP contribution < -0.4 is 10.3 Å². The molecule has 0 fully saturated rings. The maximum atomic E-state index is 12.5. The second-order valence-corrected chi connectivity index (χ2v) is 7.77. The molecule has 1 N–H and O–H groups in total. The van der Waals surface area contributed by atoms with Crippen molar-refractivity contribution in [1.82, 2.24) is 4.98 Å². The van der Waals surface area contributed by atoms with Gasteiger partial charge in [0.2, 0.25) is 0 Å². The van der Waals surface area contributed by atoms with Crippen molar-refractivity contribution < 1.29 is 9.15 Å². The van der Waals surface area contributed by atoms with Crippen LogP contribution in [-0.2, 0) is 0 Å². The van der Waals surface area contributed by atoms with E-state index in [1.807, 2.05) is 78.9 Å². The van der Waals surface area contributed by atoms with Gasteiger partial charge in [-0.25, -0.2) is 0 Å². The van der Waals surface area contributed by atoms with Crippen LogP contribution in [0.1, 0.15) is 11.3 Å². The van der Waals surface area contributed by atoms with Crippen molar-refractivity contribution in [3.63, 3.8) is 0 Å². The second kappa shape index (κ2) is 8.18. The number of hydrogen-bond donors (Lipinski definition) is 1. The quantitative estimate of drug-likeness (QED) is 0.361. The average Bonchev–Trinajstić information content (AvgIpc) is 3.22. The average molecular weight is 432 g/mol. The van der Waals surface area contributed by atoms with Crippen molar-refractivity contribution in [2.45, 2.75) is 6.92 Å². The number of aromatic nitrogens is 1. The van der Waals surface area contributed by atoms with E-state index < -0.39 is 5.56 Å². The number of aryl methyl sites for hydroxylation is 1. The summed E-state index contributed by atoms with van der Waals surface area (Å²) in [5.74, 6) is 1.27. The van der Waals surface area contributed by atoms with Gasteiger partial charge in [-0.15, -0.1) is 0 Å². The van der Waals surface area contributed by atoms with E-state index in [0.717, 1.165) is 27.8 Å². The third-order valence-electron chi connectivity index (χ3n) is 5.68. The Kier molecular flexibility index (Phi) is 5.04. The van der Waals surface area contributed by atoms with Gasteiger partial charge in [0.1, 0.15) is 28.7 Å². The number of ether oxygens (including phenoxy) is 1. The lowest BCUT2D eigenvalue weighted by Gasteiger charge is -2.11. The summed E-state index contributed by atoms with van der Waals surface area (Å²) in [4.78, 5) is 15.2. The smallest absolute Gasteiger partial charge is 0.266 e. The van der Waals surface area contributed by atoms with E-state index in [1.54, 1.807) is 20.1 Å². The highest BCUT2D eigenvalue weighted by molar-refractivity contribution is 6.04. The number of aromatic amines is 1. The summed E-state index contributed by atoms with van der Waals surface area (Å²) >= 11 is 0. The fourth-order valence-electron chi connectivity index (χ4n) is 4.20. The molecular weight excluding hydrogens is 412 g/mol. The predicted molar refractivity (Wildman–Crippen MR) is 129 cm³/mol. The van der Waals surface area contributed by atoms with E-state index in [9.17, 15) is 10.1 Å². The Balaban J connectivity index is 1.89. The van der Waals surface area contributed by atoms with Crippen molar-refractivity contribution in [2.75, 3.05) is 7.11 Å². The molecule has 0 spiro atoms. The van der Waals surface area contributed by atoms with Gasteiger partial charge in [-0.1, -0.05) is 60.7 Å². The summed E-state index contributed by atoms with van der Waals surface area (Å²) in [6, 6.07) is 27.6. The first-order chi connectivity index (χ1) is 16.1. The van der Waals surface area contributed by atoms with Crippen LogP contribution in [0.3, 0.4) is 0 Å². The minimum absolute atomic E-state index is 0.0475. The Morgan fingerprint density at radius 2 is 1.58 bits per heavy atom. The molecule has 0 aliphatic carbocycles. The van der Waals surface area contributed by atoms with E-state index in [-0.39, 0.29) is 5.56 Å². The molecule has 5 nitrogen and oxygen atoms in total. The predicted octanol–water partition coefficient (Wildman–Crippen LogP) is 6.31. The maximum Gasteiger partial charge on any atom is 0.266 e. The number of methoxy groups -OCH3 is 1. The Labute approximate surface area is 190 Å². The van der Waals surface area contributed by atoms with Gasteiger partial charge in [-0.3, -0.25) is 4.79 Å². The molecule has 3 aromatic carbocycles. The van der Waals surface area contributed by atoms with Crippen LogP contribution in [0, 0.1) is 18.3 Å². The zero-order valence-corrected chi connectivity index (χ0v) is 18.2. The molecule has 5 aromatic rings.